The van der Waals surface area contributed by atoms with E-state index in [0.29, 0.717) is 38.4 Å². The number of carboxylic acids is 1. The predicted molar refractivity (Wildman–Crippen MR) is 158 cm³/mol. The first-order valence-corrected chi connectivity index (χ1v) is 18.3. The Kier molecular flexibility index (Phi) is 11.0. The molecule has 1 saturated heterocycles. The van der Waals surface area contributed by atoms with Gasteiger partial charge in [-0.2, -0.15) is 0 Å². The zero-order valence-corrected chi connectivity index (χ0v) is 27.0. The number of nitrogens with zero attached hydrogens (tertiary/aromatic N) is 6. The van der Waals surface area contributed by atoms with Crippen LogP contribution in [0.15, 0.2) is 18.3 Å². The van der Waals surface area contributed by atoms with Gasteiger partial charge in [-0.15, -0.1) is 5.10 Å². The van der Waals surface area contributed by atoms with Crippen molar-refractivity contribution in [1.82, 2.24) is 30.1 Å². The molecule has 2 aromatic heterocycles. The van der Waals surface area contributed by atoms with Crippen LogP contribution in [0.2, 0.25) is 25.7 Å². The van der Waals surface area contributed by atoms with Gasteiger partial charge in [0.15, 0.2) is 5.82 Å². The minimum atomic E-state index is -1.25. The smallest absolute Gasteiger partial charge is 0.410 e. The van der Waals surface area contributed by atoms with E-state index in [9.17, 15) is 14.7 Å². The highest BCUT2D eigenvalue weighted by Gasteiger charge is 2.35. The average Bonchev–Trinajstić information content (AvgIpc) is 3.53. The molecular weight excluding hydrogens is 540 g/mol. The number of hydrogen-bond acceptors (Lipinski definition) is 8. The first-order valence-electron chi connectivity index (χ1n) is 14.6. The number of tetrazole rings is 1. The highest BCUT2D eigenvalue weighted by atomic mass is 28.3. The molecule has 1 N–H and O–H groups in total. The Hall–Kier alpha value is -2.86. The van der Waals surface area contributed by atoms with E-state index >= 15 is 0 Å². The molecule has 1 unspecified atom stereocenters. The van der Waals surface area contributed by atoms with Gasteiger partial charge in [0.25, 0.3) is 0 Å². The maximum atomic E-state index is 12.5. The molecule has 3 rings (SSSR count). The van der Waals surface area contributed by atoms with Gasteiger partial charge in [0.1, 0.15) is 12.3 Å². The predicted octanol–water partition coefficient (Wildman–Crippen LogP) is 5.18. The van der Waals surface area contributed by atoms with Crippen molar-refractivity contribution < 1.29 is 24.2 Å². The zero-order chi connectivity index (χ0) is 30.4. The average molecular weight is 589 g/mol. The van der Waals surface area contributed by atoms with Crippen LogP contribution >= 0.6 is 0 Å². The van der Waals surface area contributed by atoms with Crippen molar-refractivity contribution in [2.75, 3.05) is 19.7 Å². The third-order valence-electron chi connectivity index (χ3n) is 7.19. The molecule has 11 nitrogen and oxygen atoms in total. The van der Waals surface area contributed by atoms with E-state index in [-0.39, 0.29) is 24.7 Å². The summed E-state index contributed by atoms with van der Waals surface area (Å²) in [5.41, 5.74) is 1.29. The van der Waals surface area contributed by atoms with Crippen LogP contribution in [0.5, 0.6) is 0 Å². The second kappa shape index (κ2) is 13.9. The van der Waals surface area contributed by atoms with Crippen LogP contribution in [0.1, 0.15) is 76.4 Å². The SMILES string of the molecule is CC(C)C[C@H](C(=O)O)[C@H](Cc1ccc(C2CCN(C(=O)OC(C)(C)C)C2)nc1)c1nnnn1COCC[Si](C)(C)C. The van der Waals surface area contributed by atoms with Gasteiger partial charge in [-0.1, -0.05) is 39.6 Å². The summed E-state index contributed by atoms with van der Waals surface area (Å²) in [7, 11) is -1.25. The van der Waals surface area contributed by atoms with Crippen LogP contribution in [-0.2, 0) is 27.4 Å². The minimum absolute atomic E-state index is 0.126. The Morgan fingerprint density at radius 3 is 2.51 bits per heavy atom. The third kappa shape index (κ3) is 10.2. The van der Waals surface area contributed by atoms with Crippen molar-refractivity contribution in [3.63, 3.8) is 0 Å². The summed E-state index contributed by atoms with van der Waals surface area (Å²) in [5, 5.41) is 22.5. The number of pyridine rings is 1. The molecule has 0 spiro atoms. The number of amides is 1. The molecule has 0 aliphatic carbocycles. The number of aromatic nitrogens is 5. The van der Waals surface area contributed by atoms with Crippen molar-refractivity contribution in [3.8, 4) is 0 Å². The second-order valence-electron chi connectivity index (χ2n) is 13.8. The normalized spacial score (nSPS) is 17.6. The summed E-state index contributed by atoms with van der Waals surface area (Å²) in [6.07, 6.45) is 3.26. The molecule has 1 amide bonds. The number of carboxylic acid groups (broad SMARTS) is 1. The van der Waals surface area contributed by atoms with Crippen LogP contribution < -0.4 is 0 Å². The fourth-order valence-corrected chi connectivity index (χ4v) is 5.76. The summed E-state index contributed by atoms with van der Waals surface area (Å²) >= 11 is 0. The molecule has 1 aliphatic heterocycles. The maximum Gasteiger partial charge on any atom is 0.410 e. The van der Waals surface area contributed by atoms with Gasteiger partial charge in [-0.25, -0.2) is 9.48 Å². The molecule has 1 aliphatic rings. The molecule has 12 heteroatoms. The maximum absolute atomic E-state index is 12.5. The summed E-state index contributed by atoms with van der Waals surface area (Å²) in [4.78, 5) is 31.4. The van der Waals surface area contributed by atoms with Crippen LogP contribution in [0.25, 0.3) is 0 Å². The molecule has 41 heavy (non-hydrogen) atoms. The molecule has 3 heterocycles. The monoisotopic (exact) mass is 588 g/mol. The highest BCUT2D eigenvalue weighted by molar-refractivity contribution is 6.76. The number of likely N-dealkylation sites (tertiary alicyclic amines) is 1. The second-order valence-corrected chi connectivity index (χ2v) is 19.4. The molecule has 0 saturated carbocycles. The van der Waals surface area contributed by atoms with Crippen LogP contribution in [0.4, 0.5) is 4.79 Å². The standard InChI is InChI=1S/C29H48N6O5Si/c1-20(2)15-24(27(36)37)23(26-31-32-33-35(26)19-39-13-14-41(6,7)8)16-21-9-10-25(30-17-21)22-11-12-34(18-22)28(38)40-29(3,4)5/h9-10,17,20,22-24H,11-16,18-19H2,1-8H3,(H,36,37)/t22?,23-,24-/m0/s1. The lowest BCUT2D eigenvalue weighted by molar-refractivity contribution is -0.143. The van der Waals surface area contributed by atoms with Crippen molar-refractivity contribution in [2.45, 2.75) is 104 Å². The van der Waals surface area contributed by atoms with Gasteiger partial charge >= 0.3 is 12.1 Å². The lowest BCUT2D eigenvalue weighted by atomic mass is 9.81. The molecule has 0 aromatic carbocycles. The number of carbonyl (C=O) groups excluding carboxylic acids is 1. The fraction of sp³-hybridized carbons (Fsp3) is 0.724. The van der Waals surface area contributed by atoms with E-state index in [1.165, 1.54) is 0 Å². The van der Waals surface area contributed by atoms with E-state index in [4.69, 9.17) is 14.5 Å². The number of rotatable bonds is 13. The van der Waals surface area contributed by atoms with Gasteiger partial charge in [0.05, 0.1) is 5.92 Å². The highest BCUT2D eigenvalue weighted by Crippen LogP contribution is 2.33. The number of aliphatic carboxylic acids is 1. The molecule has 0 radical (unpaired) electrons. The van der Waals surface area contributed by atoms with Gasteiger partial charge in [0, 0.05) is 51.5 Å². The van der Waals surface area contributed by atoms with E-state index in [2.05, 4.69) is 35.2 Å². The van der Waals surface area contributed by atoms with Gasteiger partial charge in [0.2, 0.25) is 0 Å². The first-order chi connectivity index (χ1) is 19.1. The van der Waals surface area contributed by atoms with Gasteiger partial charge in [-0.05, 0) is 74.1 Å². The van der Waals surface area contributed by atoms with Gasteiger partial charge < -0.3 is 19.5 Å². The zero-order valence-electron chi connectivity index (χ0n) is 26.0. The molecule has 3 atom stereocenters. The summed E-state index contributed by atoms with van der Waals surface area (Å²) < 4.78 is 13.0. The lowest BCUT2D eigenvalue weighted by Gasteiger charge is -2.25. The summed E-state index contributed by atoms with van der Waals surface area (Å²) in [6.45, 7) is 18.5. The third-order valence-corrected chi connectivity index (χ3v) is 8.90. The van der Waals surface area contributed by atoms with Gasteiger partial charge in [-0.3, -0.25) is 9.78 Å². The minimum Gasteiger partial charge on any atom is -0.481 e. The van der Waals surface area contributed by atoms with Crippen molar-refractivity contribution in [1.29, 1.82) is 0 Å². The lowest BCUT2D eigenvalue weighted by Crippen LogP contribution is -2.35. The van der Waals surface area contributed by atoms with E-state index in [1.54, 1.807) is 9.58 Å². The van der Waals surface area contributed by atoms with Crippen molar-refractivity contribution in [3.05, 3.63) is 35.4 Å². The molecule has 1 fully saturated rings. The van der Waals surface area contributed by atoms with E-state index < -0.39 is 31.5 Å². The van der Waals surface area contributed by atoms with E-state index in [0.717, 1.165) is 23.7 Å². The quantitative estimate of drug-likeness (QED) is 0.248. The number of carbonyl (C=O) groups is 2. The van der Waals surface area contributed by atoms with Crippen LogP contribution in [-0.4, -0.2) is 80.6 Å². The van der Waals surface area contributed by atoms with Crippen molar-refractivity contribution in [2.24, 2.45) is 11.8 Å². The molecular formula is C29H48N6O5Si. The van der Waals surface area contributed by atoms with Crippen LogP contribution in [0.3, 0.4) is 0 Å². The Balaban J connectivity index is 1.75. The summed E-state index contributed by atoms with van der Waals surface area (Å²) in [6, 6.07) is 5.00. The number of ether oxygens (including phenoxy) is 2. The number of hydrogen-bond donors (Lipinski definition) is 1. The van der Waals surface area contributed by atoms with Crippen molar-refractivity contribution >= 4 is 20.1 Å². The van der Waals surface area contributed by atoms with E-state index in [1.807, 2.05) is 52.9 Å². The fourth-order valence-electron chi connectivity index (χ4n) is 5.00. The Morgan fingerprint density at radius 2 is 1.93 bits per heavy atom. The largest absolute Gasteiger partial charge is 0.481 e. The Bertz CT molecular complexity index is 1140. The summed E-state index contributed by atoms with van der Waals surface area (Å²) in [5.74, 6) is -1.16. The Labute approximate surface area is 245 Å². The molecule has 2 aromatic rings. The van der Waals surface area contributed by atoms with Crippen LogP contribution in [0, 0.1) is 11.8 Å². The molecule has 228 valence electrons. The Morgan fingerprint density at radius 1 is 1.20 bits per heavy atom. The topological polar surface area (TPSA) is 133 Å². The first kappa shape index (κ1) is 32.6. The molecule has 0 bridgehead atoms.